The third kappa shape index (κ3) is 1.81. The summed E-state index contributed by atoms with van der Waals surface area (Å²) < 4.78 is 12.8. The lowest BCUT2D eigenvalue weighted by Crippen LogP contribution is -1.98. The summed E-state index contributed by atoms with van der Waals surface area (Å²) in [5, 5.41) is 0. The zero-order valence-corrected chi connectivity index (χ0v) is 7.76. The molecule has 0 saturated heterocycles. The van der Waals surface area contributed by atoms with Gasteiger partial charge in [-0.3, -0.25) is 4.98 Å². The Morgan fingerprint density at radius 2 is 2.17 bits per heavy atom. The maximum atomic E-state index is 12.8. The van der Waals surface area contributed by atoms with E-state index in [1.807, 2.05) is 0 Å². The summed E-state index contributed by atoms with van der Waals surface area (Å²) in [6, 6.07) is 3.25. The Morgan fingerprint density at radius 3 is 2.67 bits per heavy atom. The van der Waals surface area contributed by atoms with Crippen LogP contribution in [-0.4, -0.2) is 4.98 Å². The number of pyridine rings is 1. The van der Waals surface area contributed by atoms with Crippen molar-refractivity contribution < 1.29 is 4.39 Å². The van der Waals surface area contributed by atoms with Crippen LogP contribution in [0.1, 0.15) is 37.6 Å². The molecule has 0 fully saturated rings. The molecule has 1 aromatic rings. The van der Waals surface area contributed by atoms with Gasteiger partial charge in [0.05, 0.1) is 5.69 Å². The van der Waals surface area contributed by atoms with Gasteiger partial charge in [-0.15, -0.1) is 0 Å². The van der Waals surface area contributed by atoms with Gasteiger partial charge >= 0.3 is 0 Å². The minimum atomic E-state index is -0.220. The molecule has 0 aliphatic rings. The summed E-state index contributed by atoms with van der Waals surface area (Å²) in [5.41, 5.74) is 1.48. The fraction of sp³-hybridized carbons (Fsp3) is 0.500. The van der Waals surface area contributed by atoms with E-state index in [0.717, 1.165) is 12.1 Å². The molecule has 1 nitrogen and oxygen atoms in total. The Labute approximate surface area is 72.6 Å². The van der Waals surface area contributed by atoms with Crippen molar-refractivity contribution in [2.24, 2.45) is 0 Å². The monoisotopic (exact) mass is 167 g/mol. The fourth-order valence-electron chi connectivity index (χ4n) is 1.05. The minimum Gasteiger partial charge on any atom is -0.255 e. The SMILES string of the molecule is CC[C@@H](C)c1ccc(F)c(C)n1. The van der Waals surface area contributed by atoms with Gasteiger partial charge in [-0.1, -0.05) is 13.8 Å². The van der Waals surface area contributed by atoms with Crippen LogP contribution in [0.5, 0.6) is 0 Å². The van der Waals surface area contributed by atoms with E-state index in [0.29, 0.717) is 11.6 Å². The Hall–Kier alpha value is -0.920. The van der Waals surface area contributed by atoms with Crippen LogP contribution in [0.25, 0.3) is 0 Å². The largest absolute Gasteiger partial charge is 0.255 e. The van der Waals surface area contributed by atoms with Crippen molar-refractivity contribution in [1.82, 2.24) is 4.98 Å². The third-order valence-electron chi connectivity index (χ3n) is 2.16. The Bertz CT molecular complexity index is 271. The van der Waals surface area contributed by atoms with Crippen molar-refractivity contribution >= 4 is 0 Å². The number of halogens is 1. The number of nitrogens with zero attached hydrogens (tertiary/aromatic N) is 1. The van der Waals surface area contributed by atoms with Crippen LogP contribution in [0.15, 0.2) is 12.1 Å². The van der Waals surface area contributed by atoms with Gasteiger partial charge in [0.1, 0.15) is 5.82 Å². The molecule has 0 aliphatic heterocycles. The summed E-state index contributed by atoms with van der Waals surface area (Å²) >= 11 is 0. The molecule has 0 spiro atoms. The van der Waals surface area contributed by atoms with Crippen LogP contribution in [0, 0.1) is 12.7 Å². The van der Waals surface area contributed by atoms with E-state index in [1.54, 1.807) is 13.0 Å². The highest BCUT2D eigenvalue weighted by Gasteiger charge is 2.06. The molecular formula is C10H14FN. The quantitative estimate of drug-likeness (QED) is 0.659. The average molecular weight is 167 g/mol. The summed E-state index contributed by atoms with van der Waals surface area (Å²) in [6.45, 7) is 5.89. The van der Waals surface area contributed by atoms with Crippen LogP contribution in [0.4, 0.5) is 4.39 Å². The van der Waals surface area contributed by atoms with E-state index in [9.17, 15) is 4.39 Å². The second-order valence-electron chi connectivity index (χ2n) is 3.11. The molecule has 0 unspecified atom stereocenters. The highest BCUT2D eigenvalue weighted by atomic mass is 19.1. The summed E-state index contributed by atoms with van der Waals surface area (Å²) in [5.74, 6) is 0.200. The van der Waals surface area contributed by atoms with Crippen molar-refractivity contribution in [3.8, 4) is 0 Å². The van der Waals surface area contributed by atoms with Gasteiger partial charge in [-0.05, 0) is 31.4 Å². The van der Waals surface area contributed by atoms with Gasteiger partial charge in [-0.25, -0.2) is 4.39 Å². The number of aromatic nitrogens is 1. The Kier molecular flexibility index (Phi) is 2.79. The van der Waals surface area contributed by atoms with Crippen LogP contribution in [0.3, 0.4) is 0 Å². The summed E-state index contributed by atoms with van der Waals surface area (Å²) in [6.07, 6.45) is 1.04. The second-order valence-corrected chi connectivity index (χ2v) is 3.11. The van der Waals surface area contributed by atoms with Gasteiger partial charge in [0.15, 0.2) is 0 Å². The maximum absolute atomic E-state index is 12.8. The third-order valence-corrected chi connectivity index (χ3v) is 2.16. The number of hydrogen-bond donors (Lipinski definition) is 0. The first-order chi connectivity index (χ1) is 5.65. The zero-order valence-electron chi connectivity index (χ0n) is 7.76. The van der Waals surface area contributed by atoms with Crippen molar-refractivity contribution in [3.63, 3.8) is 0 Å². The fourth-order valence-corrected chi connectivity index (χ4v) is 1.05. The van der Waals surface area contributed by atoms with Crippen LogP contribution < -0.4 is 0 Å². The van der Waals surface area contributed by atoms with Crippen molar-refractivity contribution in [1.29, 1.82) is 0 Å². The number of rotatable bonds is 2. The van der Waals surface area contributed by atoms with E-state index in [2.05, 4.69) is 18.8 Å². The molecule has 1 heterocycles. The molecule has 0 amide bonds. The smallest absolute Gasteiger partial charge is 0.144 e. The first-order valence-electron chi connectivity index (χ1n) is 4.28. The molecule has 12 heavy (non-hydrogen) atoms. The molecule has 0 bridgehead atoms. The summed E-state index contributed by atoms with van der Waals surface area (Å²) in [7, 11) is 0. The molecule has 0 aromatic carbocycles. The molecular weight excluding hydrogens is 153 g/mol. The molecule has 2 heteroatoms. The molecule has 1 rings (SSSR count). The van der Waals surface area contributed by atoms with E-state index in [4.69, 9.17) is 0 Å². The van der Waals surface area contributed by atoms with Gasteiger partial charge < -0.3 is 0 Å². The maximum Gasteiger partial charge on any atom is 0.144 e. The predicted octanol–water partition coefficient (Wildman–Crippen LogP) is 3.04. The van der Waals surface area contributed by atoms with Gasteiger partial charge in [0.25, 0.3) is 0 Å². The summed E-state index contributed by atoms with van der Waals surface area (Å²) in [4.78, 5) is 4.17. The van der Waals surface area contributed by atoms with Crippen LogP contribution >= 0.6 is 0 Å². The molecule has 0 radical (unpaired) electrons. The molecule has 0 saturated carbocycles. The van der Waals surface area contributed by atoms with Crippen molar-refractivity contribution in [2.75, 3.05) is 0 Å². The lowest BCUT2D eigenvalue weighted by Gasteiger charge is -2.08. The van der Waals surface area contributed by atoms with E-state index in [-0.39, 0.29) is 5.82 Å². The van der Waals surface area contributed by atoms with E-state index in [1.165, 1.54) is 6.07 Å². The highest BCUT2D eigenvalue weighted by molar-refractivity contribution is 5.14. The van der Waals surface area contributed by atoms with Gasteiger partial charge in [0.2, 0.25) is 0 Å². The number of aryl methyl sites for hydroxylation is 1. The highest BCUT2D eigenvalue weighted by Crippen LogP contribution is 2.17. The molecule has 1 aromatic heterocycles. The minimum absolute atomic E-state index is 0.220. The molecule has 1 atom stereocenters. The lowest BCUT2D eigenvalue weighted by molar-refractivity contribution is 0.600. The first-order valence-corrected chi connectivity index (χ1v) is 4.28. The molecule has 66 valence electrons. The lowest BCUT2D eigenvalue weighted by atomic mass is 10.0. The van der Waals surface area contributed by atoms with Crippen LogP contribution in [-0.2, 0) is 0 Å². The first kappa shape index (κ1) is 9.17. The zero-order chi connectivity index (χ0) is 9.14. The normalized spacial score (nSPS) is 13.0. The standard InChI is InChI=1S/C10H14FN/c1-4-7(2)10-6-5-9(11)8(3)12-10/h5-7H,4H2,1-3H3/t7-/m1/s1. The van der Waals surface area contributed by atoms with E-state index >= 15 is 0 Å². The number of hydrogen-bond acceptors (Lipinski definition) is 1. The molecule has 0 N–H and O–H groups in total. The van der Waals surface area contributed by atoms with Crippen LogP contribution in [0.2, 0.25) is 0 Å². The van der Waals surface area contributed by atoms with Crippen molar-refractivity contribution in [3.05, 3.63) is 29.3 Å². The topological polar surface area (TPSA) is 12.9 Å². The van der Waals surface area contributed by atoms with E-state index < -0.39 is 0 Å². The molecule has 0 aliphatic carbocycles. The van der Waals surface area contributed by atoms with Crippen molar-refractivity contribution in [2.45, 2.75) is 33.1 Å². The average Bonchev–Trinajstić information content (AvgIpc) is 2.08. The predicted molar refractivity (Wildman–Crippen MR) is 47.6 cm³/mol. The Balaban J connectivity index is 2.96. The van der Waals surface area contributed by atoms with Gasteiger partial charge in [0, 0.05) is 5.69 Å². The Morgan fingerprint density at radius 1 is 1.50 bits per heavy atom. The second kappa shape index (κ2) is 3.65. The van der Waals surface area contributed by atoms with Gasteiger partial charge in [-0.2, -0.15) is 0 Å².